The molecule has 3 aromatic carbocycles. The second-order valence-corrected chi connectivity index (χ2v) is 10.6. The number of aromatic nitrogens is 2. The van der Waals surface area contributed by atoms with Gasteiger partial charge in [0.2, 0.25) is 0 Å². The lowest BCUT2D eigenvalue weighted by Crippen LogP contribution is -2.38. The van der Waals surface area contributed by atoms with E-state index in [4.69, 9.17) is 4.74 Å². The van der Waals surface area contributed by atoms with Crippen LogP contribution >= 0.6 is 0 Å². The summed E-state index contributed by atoms with van der Waals surface area (Å²) in [6.45, 7) is 5.01. The molecule has 1 fully saturated rings. The molecule has 192 valence electrons. The molecule has 37 heavy (non-hydrogen) atoms. The quantitative estimate of drug-likeness (QED) is 0.400. The molecule has 0 amide bonds. The number of likely N-dealkylation sites (tertiary alicyclic amines) is 1. The third kappa shape index (κ3) is 5.42. The van der Waals surface area contributed by atoms with Gasteiger partial charge in [0.25, 0.3) is 0 Å². The summed E-state index contributed by atoms with van der Waals surface area (Å²) in [5.41, 5.74) is 7.28. The van der Waals surface area contributed by atoms with E-state index < -0.39 is 6.10 Å². The van der Waals surface area contributed by atoms with Crippen LogP contribution in [-0.2, 0) is 13.0 Å². The molecule has 4 aromatic rings. The Morgan fingerprint density at radius 3 is 2.62 bits per heavy atom. The molecule has 6 nitrogen and oxygen atoms in total. The second-order valence-electron chi connectivity index (χ2n) is 10.6. The van der Waals surface area contributed by atoms with Gasteiger partial charge in [0.05, 0.1) is 17.4 Å². The average molecular weight is 497 g/mol. The van der Waals surface area contributed by atoms with Crippen molar-refractivity contribution < 1.29 is 9.84 Å². The van der Waals surface area contributed by atoms with Crippen molar-refractivity contribution in [1.82, 2.24) is 19.4 Å². The lowest BCUT2D eigenvalue weighted by molar-refractivity contribution is 0.0638. The van der Waals surface area contributed by atoms with Crippen molar-refractivity contribution in [3.05, 3.63) is 84.2 Å². The van der Waals surface area contributed by atoms with Gasteiger partial charge in [0.1, 0.15) is 18.5 Å². The normalized spacial score (nSPS) is 18.1. The molecular weight excluding hydrogens is 460 g/mol. The topological polar surface area (TPSA) is 53.8 Å². The molecule has 1 aromatic heterocycles. The number of aliphatic hydroxyl groups is 1. The van der Waals surface area contributed by atoms with E-state index in [1.807, 2.05) is 18.5 Å². The number of benzene rings is 3. The Balaban J connectivity index is 1.11. The summed E-state index contributed by atoms with van der Waals surface area (Å²) in [6.07, 6.45) is 4.82. The minimum absolute atomic E-state index is 0.281. The molecular formula is C31H36N4O2. The molecule has 1 N–H and O–H groups in total. The van der Waals surface area contributed by atoms with Gasteiger partial charge in [-0.15, -0.1) is 0 Å². The van der Waals surface area contributed by atoms with Crippen LogP contribution in [0.1, 0.15) is 30.0 Å². The predicted molar refractivity (Wildman–Crippen MR) is 148 cm³/mol. The molecule has 0 radical (unpaired) electrons. The number of hydrogen-bond acceptors (Lipinski definition) is 5. The van der Waals surface area contributed by atoms with Crippen LogP contribution in [0.3, 0.4) is 0 Å². The first-order valence-electron chi connectivity index (χ1n) is 13.5. The fourth-order valence-corrected chi connectivity index (χ4v) is 5.79. The molecule has 0 spiro atoms. The lowest BCUT2D eigenvalue weighted by atomic mass is 10.00. The molecule has 6 heteroatoms. The zero-order valence-electron chi connectivity index (χ0n) is 21.6. The Morgan fingerprint density at radius 2 is 1.76 bits per heavy atom. The molecule has 1 saturated heterocycles. The third-order valence-electron chi connectivity index (χ3n) is 7.94. The maximum Gasteiger partial charge on any atom is 0.120 e. The van der Waals surface area contributed by atoms with Crippen molar-refractivity contribution >= 4 is 11.0 Å². The predicted octanol–water partition coefficient (Wildman–Crippen LogP) is 4.77. The number of imidazole rings is 1. The first-order chi connectivity index (χ1) is 18.1. The SMILES string of the molecule is CN1CCC(n2cnc3ccc(-c4cccc(OCC(O)CN5CCc6ccccc6C5)c4)cc32)CC1. The summed E-state index contributed by atoms with van der Waals surface area (Å²) in [5, 5.41) is 10.7. The fraction of sp³-hybridized carbons (Fsp3) is 0.387. The van der Waals surface area contributed by atoms with Crippen LogP contribution in [0.5, 0.6) is 5.75 Å². The van der Waals surface area contributed by atoms with E-state index in [1.54, 1.807) is 0 Å². The minimum Gasteiger partial charge on any atom is -0.491 e. The summed E-state index contributed by atoms with van der Waals surface area (Å²) in [7, 11) is 2.20. The van der Waals surface area contributed by atoms with E-state index in [2.05, 4.69) is 81.0 Å². The number of β-amino-alcohol motifs (C(OH)–C–C–N with tert-alkyl or cyclic N) is 1. The average Bonchev–Trinajstić information content (AvgIpc) is 3.36. The van der Waals surface area contributed by atoms with Crippen molar-refractivity contribution in [3.8, 4) is 16.9 Å². The zero-order valence-corrected chi connectivity index (χ0v) is 21.6. The highest BCUT2D eigenvalue weighted by Gasteiger charge is 2.21. The van der Waals surface area contributed by atoms with Gasteiger partial charge in [-0.3, -0.25) is 4.90 Å². The van der Waals surface area contributed by atoms with Gasteiger partial charge in [-0.2, -0.15) is 0 Å². The number of nitrogens with zero attached hydrogens (tertiary/aromatic N) is 4. The summed E-state index contributed by atoms with van der Waals surface area (Å²) < 4.78 is 8.41. The summed E-state index contributed by atoms with van der Waals surface area (Å²) in [6, 6.07) is 23.8. The summed E-state index contributed by atoms with van der Waals surface area (Å²) >= 11 is 0. The Labute approximate surface area is 219 Å². The van der Waals surface area contributed by atoms with Crippen LogP contribution in [0.2, 0.25) is 0 Å². The summed E-state index contributed by atoms with van der Waals surface area (Å²) in [4.78, 5) is 9.38. The van der Waals surface area contributed by atoms with Crippen molar-refractivity contribution in [1.29, 1.82) is 0 Å². The maximum atomic E-state index is 10.7. The van der Waals surface area contributed by atoms with Crippen molar-refractivity contribution in [2.24, 2.45) is 0 Å². The van der Waals surface area contributed by atoms with Gasteiger partial charge in [0.15, 0.2) is 0 Å². The van der Waals surface area contributed by atoms with Gasteiger partial charge in [0, 0.05) is 25.7 Å². The van der Waals surface area contributed by atoms with Crippen molar-refractivity contribution in [3.63, 3.8) is 0 Å². The van der Waals surface area contributed by atoms with E-state index in [0.29, 0.717) is 12.6 Å². The molecule has 3 heterocycles. The first kappa shape index (κ1) is 24.2. The Bertz CT molecular complexity index is 1360. The number of ether oxygens (including phenoxy) is 1. The first-order valence-corrected chi connectivity index (χ1v) is 13.5. The highest BCUT2D eigenvalue weighted by Crippen LogP contribution is 2.31. The molecule has 6 rings (SSSR count). The largest absolute Gasteiger partial charge is 0.491 e. The number of piperidine rings is 1. The van der Waals surface area contributed by atoms with Crippen LogP contribution in [0.25, 0.3) is 22.2 Å². The van der Waals surface area contributed by atoms with Gasteiger partial charge in [-0.1, -0.05) is 42.5 Å². The number of hydrogen-bond donors (Lipinski definition) is 1. The van der Waals surface area contributed by atoms with Crippen LogP contribution < -0.4 is 4.74 Å². The number of rotatable bonds is 7. The number of aliphatic hydroxyl groups excluding tert-OH is 1. The molecule has 1 atom stereocenters. The molecule has 2 aliphatic rings. The standard InChI is InChI=1S/C31H36N4O2/c1-33-14-12-27(13-15-33)35-22-32-30-10-9-25(18-31(30)35)24-7-4-8-29(17-24)37-21-28(36)20-34-16-11-23-5-2-3-6-26(23)19-34/h2-10,17-18,22,27-28,36H,11-16,19-21H2,1H3. The van der Waals surface area contributed by atoms with E-state index in [1.165, 1.54) is 16.6 Å². The molecule has 1 unspecified atom stereocenters. The van der Waals surface area contributed by atoms with Crippen molar-refractivity contribution in [2.75, 3.05) is 39.8 Å². The Kier molecular flexibility index (Phi) is 6.96. The third-order valence-corrected chi connectivity index (χ3v) is 7.94. The number of fused-ring (bicyclic) bond motifs is 2. The molecule has 2 aliphatic heterocycles. The summed E-state index contributed by atoms with van der Waals surface area (Å²) in [5.74, 6) is 0.782. The lowest BCUT2D eigenvalue weighted by Gasteiger charge is -2.30. The second kappa shape index (κ2) is 10.7. The van der Waals surface area contributed by atoms with Crippen LogP contribution in [0.4, 0.5) is 0 Å². The highest BCUT2D eigenvalue weighted by atomic mass is 16.5. The molecule has 0 bridgehead atoms. The minimum atomic E-state index is -0.533. The van der Waals surface area contributed by atoms with E-state index in [0.717, 1.165) is 67.8 Å². The van der Waals surface area contributed by atoms with E-state index in [9.17, 15) is 5.11 Å². The monoisotopic (exact) mass is 496 g/mol. The van der Waals surface area contributed by atoms with Gasteiger partial charge in [-0.25, -0.2) is 4.98 Å². The van der Waals surface area contributed by atoms with Crippen molar-refractivity contribution in [2.45, 2.75) is 38.0 Å². The fourth-order valence-electron chi connectivity index (χ4n) is 5.79. The van der Waals surface area contributed by atoms with Crippen LogP contribution in [0.15, 0.2) is 73.1 Å². The van der Waals surface area contributed by atoms with Gasteiger partial charge < -0.3 is 19.3 Å². The van der Waals surface area contributed by atoms with Gasteiger partial charge >= 0.3 is 0 Å². The Morgan fingerprint density at radius 1 is 0.946 bits per heavy atom. The highest BCUT2D eigenvalue weighted by molar-refractivity contribution is 5.82. The maximum absolute atomic E-state index is 10.7. The van der Waals surface area contributed by atoms with E-state index in [-0.39, 0.29) is 6.61 Å². The Hall–Kier alpha value is -3.19. The molecule has 0 aliphatic carbocycles. The van der Waals surface area contributed by atoms with E-state index >= 15 is 0 Å². The van der Waals surface area contributed by atoms with Crippen LogP contribution in [-0.4, -0.2) is 70.4 Å². The molecule has 0 saturated carbocycles. The van der Waals surface area contributed by atoms with Crippen LogP contribution in [0, 0.1) is 0 Å². The smallest absolute Gasteiger partial charge is 0.120 e. The van der Waals surface area contributed by atoms with Gasteiger partial charge in [-0.05, 0) is 85.9 Å². The zero-order chi connectivity index (χ0) is 25.2.